The Morgan fingerprint density at radius 2 is 2.09 bits per heavy atom. The first-order valence-corrected chi connectivity index (χ1v) is 3.65. The summed E-state index contributed by atoms with van der Waals surface area (Å²) in [5.74, 6) is 7.45. The minimum absolute atomic E-state index is 0.833. The fourth-order valence-corrected chi connectivity index (χ4v) is 1.24. The fourth-order valence-electron chi connectivity index (χ4n) is 0.572. The molecule has 1 aromatic heterocycles. The van der Waals surface area contributed by atoms with E-state index < -0.39 is 0 Å². The van der Waals surface area contributed by atoms with Crippen molar-refractivity contribution in [2.24, 2.45) is 0 Å². The normalized spacial score (nSPS) is 7.09. The van der Waals surface area contributed by atoms with Crippen LogP contribution >= 0.6 is 11.3 Å². The monoisotopic (exact) mass is 157 g/mol. The summed E-state index contributed by atoms with van der Waals surface area (Å²) in [6.45, 7) is 0. The van der Waals surface area contributed by atoms with Crippen LogP contribution in [0.2, 0.25) is 0 Å². The van der Waals surface area contributed by atoms with Crippen molar-refractivity contribution in [1.29, 1.82) is 5.26 Å². The predicted octanol–water partition coefficient (Wildman–Crippen LogP) is 1.60. The first kappa shape index (κ1) is 7.42. The molecule has 2 heteroatoms. The highest BCUT2D eigenvalue weighted by atomic mass is 32.1. The SMILES string of the molecule is C#Cc1ccc(C#CC#N)s1. The lowest BCUT2D eigenvalue weighted by atomic mass is 10.4. The second-order valence-corrected chi connectivity index (χ2v) is 2.75. The molecule has 0 saturated carbocycles. The number of rotatable bonds is 0. The van der Waals surface area contributed by atoms with E-state index in [1.54, 1.807) is 6.07 Å². The van der Waals surface area contributed by atoms with Crippen LogP contribution in [0.5, 0.6) is 0 Å². The summed E-state index contributed by atoms with van der Waals surface area (Å²) in [5.41, 5.74) is 0. The highest BCUT2D eigenvalue weighted by Gasteiger charge is 1.91. The molecular formula is C9H3NS. The molecule has 0 amide bonds. The zero-order valence-corrected chi connectivity index (χ0v) is 6.40. The zero-order valence-electron chi connectivity index (χ0n) is 5.59. The largest absolute Gasteiger partial charge is 0.183 e. The van der Waals surface area contributed by atoms with E-state index in [1.165, 1.54) is 11.3 Å². The molecule has 0 aliphatic heterocycles. The first-order chi connectivity index (χ1) is 5.36. The van der Waals surface area contributed by atoms with E-state index in [0.717, 1.165) is 9.75 Å². The molecule has 0 spiro atoms. The number of nitriles is 1. The maximum Gasteiger partial charge on any atom is 0.152 e. The molecule has 0 bridgehead atoms. The fraction of sp³-hybridized carbons (Fsp3) is 0. The highest BCUT2D eigenvalue weighted by molar-refractivity contribution is 7.13. The van der Waals surface area contributed by atoms with Crippen molar-refractivity contribution in [3.63, 3.8) is 0 Å². The Labute approximate surface area is 69.3 Å². The first-order valence-electron chi connectivity index (χ1n) is 2.83. The standard InChI is InChI=1S/C9H3NS/c1-2-8-5-6-9(11-8)4-3-7-10/h1,5-6H. The third-order valence-corrected chi connectivity index (χ3v) is 1.92. The minimum atomic E-state index is 0.833. The van der Waals surface area contributed by atoms with Gasteiger partial charge in [-0.05, 0) is 18.1 Å². The second-order valence-electron chi connectivity index (χ2n) is 1.67. The molecule has 1 aromatic rings. The van der Waals surface area contributed by atoms with Crippen LogP contribution in [0.1, 0.15) is 9.75 Å². The molecule has 0 aliphatic rings. The summed E-state index contributed by atoms with van der Waals surface area (Å²) >= 11 is 1.41. The van der Waals surface area contributed by atoms with Crippen LogP contribution in [0.25, 0.3) is 0 Å². The Hall–Kier alpha value is -1.69. The van der Waals surface area contributed by atoms with E-state index in [9.17, 15) is 0 Å². The van der Waals surface area contributed by atoms with Gasteiger partial charge in [-0.25, -0.2) is 0 Å². The van der Waals surface area contributed by atoms with Crippen LogP contribution in [0, 0.1) is 35.5 Å². The van der Waals surface area contributed by atoms with Gasteiger partial charge in [0.15, 0.2) is 6.07 Å². The van der Waals surface area contributed by atoms with Gasteiger partial charge in [-0.2, -0.15) is 5.26 Å². The summed E-state index contributed by atoms with van der Waals surface area (Å²) in [7, 11) is 0. The van der Waals surface area contributed by atoms with E-state index in [4.69, 9.17) is 11.7 Å². The lowest BCUT2D eigenvalue weighted by molar-refractivity contribution is 1.55. The quantitative estimate of drug-likeness (QED) is 0.525. The van der Waals surface area contributed by atoms with Crippen molar-refractivity contribution < 1.29 is 0 Å². The summed E-state index contributed by atoms with van der Waals surface area (Å²) < 4.78 is 0. The van der Waals surface area contributed by atoms with E-state index in [0.29, 0.717) is 0 Å². The lowest BCUT2D eigenvalue weighted by Crippen LogP contribution is -1.56. The number of hydrogen-bond donors (Lipinski definition) is 0. The van der Waals surface area contributed by atoms with Crippen molar-refractivity contribution in [2.75, 3.05) is 0 Å². The van der Waals surface area contributed by atoms with Gasteiger partial charge in [0, 0.05) is 5.92 Å². The molecule has 0 atom stereocenters. The Morgan fingerprint density at radius 3 is 2.64 bits per heavy atom. The van der Waals surface area contributed by atoms with Crippen molar-refractivity contribution in [1.82, 2.24) is 0 Å². The van der Waals surface area contributed by atoms with Crippen LogP contribution in [-0.4, -0.2) is 0 Å². The van der Waals surface area contributed by atoms with E-state index in [-0.39, 0.29) is 0 Å². The van der Waals surface area contributed by atoms with Crippen LogP contribution in [0.15, 0.2) is 12.1 Å². The maximum atomic E-state index is 8.13. The van der Waals surface area contributed by atoms with Gasteiger partial charge < -0.3 is 0 Å². The van der Waals surface area contributed by atoms with Gasteiger partial charge in [0.2, 0.25) is 0 Å². The number of nitrogens with zero attached hydrogens (tertiary/aromatic N) is 1. The number of thiophene rings is 1. The highest BCUT2D eigenvalue weighted by Crippen LogP contribution is 2.13. The molecule has 0 aromatic carbocycles. The van der Waals surface area contributed by atoms with Gasteiger partial charge >= 0.3 is 0 Å². The van der Waals surface area contributed by atoms with Crippen LogP contribution in [0.3, 0.4) is 0 Å². The Balaban J connectivity index is 2.94. The molecule has 1 heterocycles. The smallest absolute Gasteiger partial charge is 0.152 e. The van der Waals surface area contributed by atoms with Crippen LogP contribution < -0.4 is 0 Å². The summed E-state index contributed by atoms with van der Waals surface area (Å²) in [4.78, 5) is 1.67. The summed E-state index contributed by atoms with van der Waals surface area (Å²) in [6, 6.07) is 5.36. The third kappa shape index (κ3) is 1.87. The topological polar surface area (TPSA) is 23.8 Å². The molecule has 0 radical (unpaired) electrons. The van der Waals surface area contributed by atoms with Crippen molar-refractivity contribution in [3.8, 4) is 30.3 Å². The minimum Gasteiger partial charge on any atom is -0.183 e. The summed E-state index contributed by atoms with van der Waals surface area (Å²) in [5, 5.41) is 8.13. The molecular weight excluding hydrogens is 154 g/mol. The molecule has 50 valence electrons. The predicted molar refractivity (Wildman–Crippen MR) is 44.7 cm³/mol. The Morgan fingerprint density at radius 1 is 1.36 bits per heavy atom. The molecule has 0 unspecified atom stereocenters. The van der Waals surface area contributed by atoms with Gasteiger partial charge in [-0.3, -0.25) is 0 Å². The summed E-state index contributed by atoms with van der Waals surface area (Å²) in [6.07, 6.45) is 5.14. The average Bonchev–Trinajstić information content (AvgIpc) is 2.48. The van der Waals surface area contributed by atoms with Crippen molar-refractivity contribution in [2.45, 2.75) is 0 Å². The molecule has 0 fully saturated rings. The Kier molecular flexibility index (Phi) is 2.34. The molecule has 11 heavy (non-hydrogen) atoms. The Bertz CT molecular complexity index is 390. The van der Waals surface area contributed by atoms with Crippen LogP contribution in [-0.2, 0) is 0 Å². The van der Waals surface area contributed by atoms with Gasteiger partial charge in [0.05, 0.1) is 9.75 Å². The van der Waals surface area contributed by atoms with Crippen molar-refractivity contribution >= 4 is 11.3 Å². The molecule has 0 aliphatic carbocycles. The van der Waals surface area contributed by atoms with E-state index in [1.807, 2.05) is 12.1 Å². The zero-order chi connectivity index (χ0) is 8.10. The number of hydrogen-bond acceptors (Lipinski definition) is 2. The molecule has 1 rings (SSSR count). The van der Waals surface area contributed by atoms with E-state index >= 15 is 0 Å². The van der Waals surface area contributed by atoms with E-state index in [2.05, 4.69) is 17.8 Å². The van der Waals surface area contributed by atoms with Gasteiger partial charge in [0.25, 0.3) is 0 Å². The number of terminal acetylenes is 1. The third-order valence-electron chi connectivity index (χ3n) is 0.990. The van der Waals surface area contributed by atoms with Gasteiger partial charge in [-0.1, -0.05) is 5.92 Å². The molecule has 1 nitrogen and oxygen atoms in total. The van der Waals surface area contributed by atoms with Crippen molar-refractivity contribution in [3.05, 3.63) is 21.9 Å². The average molecular weight is 157 g/mol. The second kappa shape index (κ2) is 3.47. The molecule has 0 saturated heterocycles. The van der Waals surface area contributed by atoms with Crippen LogP contribution in [0.4, 0.5) is 0 Å². The maximum absolute atomic E-state index is 8.13. The van der Waals surface area contributed by atoms with Gasteiger partial charge in [0.1, 0.15) is 0 Å². The van der Waals surface area contributed by atoms with Gasteiger partial charge in [-0.15, -0.1) is 17.8 Å². The molecule has 0 N–H and O–H groups in total. The lowest BCUT2D eigenvalue weighted by Gasteiger charge is -1.72.